The molecule has 70 valence electrons. The molecular formula is C8H14FNO2. The van der Waals surface area contributed by atoms with Crippen molar-refractivity contribution in [3.05, 3.63) is 0 Å². The molecule has 2 amide bonds. The standard InChI is InChI=1S/C8H14FNO2/c1-6(2)4-5-7(11)10(3)8(9)12/h6H,4-5H2,1-3H3. The zero-order chi connectivity index (χ0) is 9.72. The maximum Gasteiger partial charge on any atom is 0.406 e. The minimum atomic E-state index is -1.69. The molecule has 0 fully saturated rings. The number of halogens is 1. The molecule has 0 aliphatic rings. The third-order valence-corrected chi connectivity index (χ3v) is 1.57. The predicted octanol–water partition coefficient (Wildman–Crippen LogP) is 1.97. The number of hydrogen-bond acceptors (Lipinski definition) is 2. The van der Waals surface area contributed by atoms with Crippen LogP contribution in [0.3, 0.4) is 0 Å². The Kier molecular flexibility index (Phi) is 4.47. The van der Waals surface area contributed by atoms with Crippen LogP contribution in [0.1, 0.15) is 26.7 Å². The number of hydrogen-bond donors (Lipinski definition) is 0. The van der Waals surface area contributed by atoms with Gasteiger partial charge in [0.05, 0.1) is 0 Å². The van der Waals surface area contributed by atoms with Crippen LogP contribution in [0.5, 0.6) is 0 Å². The molecule has 3 nitrogen and oxygen atoms in total. The van der Waals surface area contributed by atoms with Crippen molar-refractivity contribution in [2.75, 3.05) is 7.05 Å². The summed E-state index contributed by atoms with van der Waals surface area (Å²) in [5, 5.41) is 0. The SMILES string of the molecule is CC(C)CCC(=O)N(C)C(=O)F. The molecule has 0 aromatic carbocycles. The molecule has 0 heterocycles. The van der Waals surface area contributed by atoms with Crippen LogP contribution in [0.15, 0.2) is 0 Å². The van der Waals surface area contributed by atoms with Crippen molar-refractivity contribution in [2.24, 2.45) is 5.92 Å². The van der Waals surface area contributed by atoms with Gasteiger partial charge in [-0.2, -0.15) is 0 Å². The fourth-order valence-electron chi connectivity index (χ4n) is 0.678. The summed E-state index contributed by atoms with van der Waals surface area (Å²) in [4.78, 5) is 21.5. The fraction of sp³-hybridized carbons (Fsp3) is 0.750. The van der Waals surface area contributed by atoms with Gasteiger partial charge in [0.2, 0.25) is 5.91 Å². The second-order valence-corrected chi connectivity index (χ2v) is 3.14. The Labute approximate surface area is 71.5 Å². The first-order chi connectivity index (χ1) is 5.45. The molecule has 0 bridgehead atoms. The van der Waals surface area contributed by atoms with Crippen LogP contribution in [0, 0.1) is 5.92 Å². The molecule has 0 atom stereocenters. The number of rotatable bonds is 3. The van der Waals surface area contributed by atoms with E-state index in [0.29, 0.717) is 17.2 Å². The Morgan fingerprint density at radius 3 is 2.25 bits per heavy atom. The van der Waals surface area contributed by atoms with Crippen LogP contribution in [0.2, 0.25) is 0 Å². The molecule has 0 aromatic rings. The van der Waals surface area contributed by atoms with Crippen molar-refractivity contribution in [2.45, 2.75) is 26.7 Å². The number of amides is 2. The van der Waals surface area contributed by atoms with Gasteiger partial charge in [-0.3, -0.25) is 9.69 Å². The smallest absolute Gasteiger partial charge is 0.274 e. The van der Waals surface area contributed by atoms with Gasteiger partial charge < -0.3 is 0 Å². The zero-order valence-corrected chi connectivity index (χ0v) is 7.63. The average Bonchev–Trinajstić information content (AvgIpc) is 1.98. The molecule has 0 unspecified atom stereocenters. The first-order valence-corrected chi connectivity index (χ1v) is 3.91. The summed E-state index contributed by atoms with van der Waals surface area (Å²) in [5.41, 5.74) is 0. The minimum Gasteiger partial charge on any atom is -0.274 e. The van der Waals surface area contributed by atoms with E-state index in [1.54, 1.807) is 0 Å². The lowest BCUT2D eigenvalue weighted by molar-refractivity contribution is -0.127. The summed E-state index contributed by atoms with van der Waals surface area (Å²) in [6.07, 6.45) is -0.788. The van der Waals surface area contributed by atoms with Crippen molar-refractivity contribution in [1.29, 1.82) is 0 Å². The van der Waals surface area contributed by atoms with E-state index in [1.165, 1.54) is 0 Å². The van der Waals surface area contributed by atoms with Crippen molar-refractivity contribution < 1.29 is 14.0 Å². The number of imide groups is 1. The van der Waals surface area contributed by atoms with Gasteiger partial charge in [-0.25, -0.2) is 4.79 Å². The molecule has 12 heavy (non-hydrogen) atoms. The van der Waals surface area contributed by atoms with Crippen molar-refractivity contribution in [1.82, 2.24) is 4.90 Å². The summed E-state index contributed by atoms with van der Waals surface area (Å²) < 4.78 is 11.9. The Bertz CT molecular complexity index is 180. The molecule has 0 N–H and O–H groups in total. The Hall–Kier alpha value is -0.930. The Balaban J connectivity index is 3.80. The largest absolute Gasteiger partial charge is 0.406 e. The average molecular weight is 175 g/mol. The van der Waals surface area contributed by atoms with Crippen LogP contribution in [-0.4, -0.2) is 24.0 Å². The summed E-state index contributed by atoms with van der Waals surface area (Å²) in [7, 11) is 1.14. The van der Waals surface area contributed by atoms with E-state index in [2.05, 4.69) is 0 Å². The second kappa shape index (κ2) is 4.85. The van der Waals surface area contributed by atoms with E-state index in [0.717, 1.165) is 7.05 Å². The highest BCUT2D eigenvalue weighted by Gasteiger charge is 2.15. The maximum atomic E-state index is 11.9. The van der Waals surface area contributed by atoms with E-state index in [4.69, 9.17) is 0 Å². The first kappa shape index (κ1) is 11.1. The normalized spacial score (nSPS) is 10.1. The Morgan fingerprint density at radius 2 is 1.92 bits per heavy atom. The summed E-state index contributed by atoms with van der Waals surface area (Å²) in [6, 6.07) is 0. The van der Waals surface area contributed by atoms with E-state index in [1.807, 2.05) is 13.8 Å². The minimum absolute atomic E-state index is 0.226. The van der Waals surface area contributed by atoms with E-state index in [-0.39, 0.29) is 6.42 Å². The highest BCUT2D eigenvalue weighted by atomic mass is 19.1. The number of carbonyl (C=O) groups excluding carboxylic acids is 2. The van der Waals surface area contributed by atoms with E-state index >= 15 is 0 Å². The molecular weight excluding hydrogens is 161 g/mol. The van der Waals surface area contributed by atoms with Crippen molar-refractivity contribution in [3.63, 3.8) is 0 Å². The highest BCUT2D eigenvalue weighted by molar-refractivity contribution is 5.90. The quantitative estimate of drug-likeness (QED) is 0.485. The van der Waals surface area contributed by atoms with Gasteiger partial charge in [0, 0.05) is 13.5 Å². The molecule has 0 saturated carbocycles. The van der Waals surface area contributed by atoms with Crippen LogP contribution in [0.25, 0.3) is 0 Å². The molecule has 0 saturated heterocycles. The van der Waals surface area contributed by atoms with E-state index < -0.39 is 12.1 Å². The van der Waals surface area contributed by atoms with Crippen LogP contribution < -0.4 is 0 Å². The van der Waals surface area contributed by atoms with Gasteiger partial charge in [0.15, 0.2) is 0 Å². The van der Waals surface area contributed by atoms with Crippen LogP contribution in [0.4, 0.5) is 9.18 Å². The molecule has 0 spiro atoms. The number of nitrogens with zero attached hydrogens (tertiary/aromatic N) is 1. The number of carbonyl (C=O) groups is 2. The summed E-state index contributed by atoms with van der Waals surface area (Å²) in [6.45, 7) is 3.93. The first-order valence-electron chi connectivity index (χ1n) is 3.91. The molecule has 0 radical (unpaired) electrons. The fourth-order valence-corrected chi connectivity index (χ4v) is 0.678. The predicted molar refractivity (Wildman–Crippen MR) is 43.3 cm³/mol. The van der Waals surface area contributed by atoms with Gasteiger partial charge in [-0.1, -0.05) is 13.8 Å². The maximum absolute atomic E-state index is 11.9. The Morgan fingerprint density at radius 1 is 1.42 bits per heavy atom. The van der Waals surface area contributed by atoms with Gasteiger partial charge in [0.1, 0.15) is 0 Å². The zero-order valence-electron chi connectivity index (χ0n) is 7.63. The lowest BCUT2D eigenvalue weighted by atomic mass is 10.1. The van der Waals surface area contributed by atoms with Crippen molar-refractivity contribution >= 4 is 12.1 Å². The van der Waals surface area contributed by atoms with Gasteiger partial charge >= 0.3 is 6.16 Å². The molecule has 0 rings (SSSR count). The van der Waals surface area contributed by atoms with E-state index in [9.17, 15) is 14.0 Å². The topological polar surface area (TPSA) is 37.4 Å². The van der Waals surface area contributed by atoms with Gasteiger partial charge in [-0.05, 0) is 12.3 Å². The van der Waals surface area contributed by atoms with Crippen LogP contribution in [-0.2, 0) is 4.79 Å². The van der Waals surface area contributed by atoms with Crippen LogP contribution >= 0.6 is 0 Å². The molecule has 0 aliphatic heterocycles. The molecule has 0 aliphatic carbocycles. The lowest BCUT2D eigenvalue weighted by Crippen LogP contribution is -2.29. The summed E-state index contributed by atoms with van der Waals surface area (Å²) in [5.74, 6) is -0.0757. The summed E-state index contributed by atoms with van der Waals surface area (Å²) >= 11 is 0. The third-order valence-electron chi connectivity index (χ3n) is 1.57. The monoisotopic (exact) mass is 175 g/mol. The molecule has 0 aromatic heterocycles. The lowest BCUT2D eigenvalue weighted by Gasteiger charge is -2.10. The second-order valence-electron chi connectivity index (χ2n) is 3.14. The third kappa shape index (κ3) is 4.05. The van der Waals surface area contributed by atoms with Crippen molar-refractivity contribution in [3.8, 4) is 0 Å². The van der Waals surface area contributed by atoms with Gasteiger partial charge in [0.25, 0.3) is 0 Å². The van der Waals surface area contributed by atoms with Gasteiger partial charge in [-0.15, -0.1) is 4.39 Å². The highest BCUT2D eigenvalue weighted by Crippen LogP contribution is 2.05. The molecule has 4 heteroatoms.